The van der Waals surface area contributed by atoms with Crippen LogP contribution in [0.3, 0.4) is 0 Å². The van der Waals surface area contributed by atoms with E-state index in [1.165, 1.54) is 36.4 Å². The Kier molecular flexibility index (Phi) is 6.04. The molecule has 0 saturated heterocycles. The van der Waals surface area contributed by atoms with Crippen molar-refractivity contribution < 1.29 is 18.3 Å². The molecule has 0 bridgehead atoms. The number of nitrogens with zero attached hydrogens (tertiary/aromatic N) is 1. The lowest BCUT2D eigenvalue weighted by Crippen LogP contribution is -2.36. The highest BCUT2D eigenvalue weighted by molar-refractivity contribution is 9.10. The van der Waals surface area contributed by atoms with Crippen molar-refractivity contribution >= 4 is 72.4 Å². The molecule has 2 aromatic carbocycles. The predicted molar refractivity (Wildman–Crippen MR) is 97.8 cm³/mol. The number of anilines is 1. The van der Waals surface area contributed by atoms with Crippen LogP contribution in [0.15, 0.2) is 45.8 Å². The van der Waals surface area contributed by atoms with E-state index in [1.807, 2.05) is 0 Å². The topological polar surface area (TPSA) is 74.7 Å². The first kappa shape index (κ1) is 19.3. The Balaban J connectivity index is 2.63. The van der Waals surface area contributed by atoms with Gasteiger partial charge in [-0.3, -0.25) is 9.10 Å². The van der Waals surface area contributed by atoms with Crippen LogP contribution in [0.5, 0.6) is 0 Å². The summed E-state index contributed by atoms with van der Waals surface area (Å²) in [7, 11) is -4.17. The van der Waals surface area contributed by atoms with Gasteiger partial charge in [0.2, 0.25) is 0 Å². The van der Waals surface area contributed by atoms with Gasteiger partial charge in [0.15, 0.2) is 0 Å². The highest BCUT2D eigenvalue weighted by Crippen LogP contribution is 2.37. The van der Waals surface area contributed by atoms with Crippen LogP contribution in [0.4, 0.5) is 5.69 Å². The summed E-state index contributed by atoms with van der Waals surface area (Å²) in [4.78, 5) is 11.1. The van der Waals surface area contributed by atoms with Gasteiger partial charge >= 0.3 is 5.97 Å². The largest absolute Gasteiger partial charge is 0.480 e. The third-order valence-corrected chi connectivity index (χ3v) is 6.27. The number of carboxylic acids is 1. The highest BCUT2D eigenvalue weighted by Gasteiger charge is 2.29. The molecular weight excluding hydrogens is 464 g/mol. The Hall–Kier alpha value is -0.990. The molecule has 0 atom stereocenters. The normalized spacial score (nSPS) is 11.3. The maximum absolute atomic E-state index is 12.8. The molecule has 0 radical (unpaired) electrons. The van der Waals surface area contributed by atoms with Crippen molar-refractivity contribution in [3.63, 3.8) is 0 Å². The standard InChI is InChI=1S/C14H9BrCl3NO4S/c15-8-1-3-9(4-2-8)24(22,23)19(7-14(20)21)13-6-11(17)10(16)5-12(13)18/h1-6H,7H2,(H,20,21). The molecule has 0 aliphatic carbocycles. The summed E-state index contributed by atoms with van der Waals surface area (Å²) in [5.74, 6) is -1.35. The van der Waals surface area contributed by atoms with E-state index < -0.39 is 22.5 Å². The molecule has 0 aromatic heterocycles. The SMILES string of the molecule is O=C(O)CN(c1cc(Cl)c(Cl)cc1Cl)S(=O)(=O)c1ccc(Br)cc1. The average molecular weight is 474 g/mol. The molecule has 0 amide bonds. The first-order chi connectivity index (χ1) is 11.1. The fourth-order valence-corrected chi connectivity index (χ4v) is 4.24. The van der Waals surface area contributed by atoms with Gasteiger partial charge in [0.25, 0.3) is 10.0 Å². The number of benzene rings is 2. The van der Waals surface area contributed by atoms with Crippen molar-refractivity contribution in [2.75, 3.05) is 10.8 Å². The summed E-state index contributed by atoms with van der Waals surface area (Å²) in [6, 6.07) is 8.22. The third kappa shape index (κ3) is 4.15. The van der Waals surface area contributed by atoms with E-state index in [2.05, 4.69) is 15.9 Å². The Labute approximate surface area is 161 Å². The molecule has 0 aliphatic rings. The Morgan fingerprint density at radius 1 is 1.04 bits per heavy atom. The van der Waals surface area contributed by atoms with Crippen molar-refractivity contribution in [1.82, 2.24) is 0 Å². The van der Waals surface area contributed by atoms with Crippen molar-refractivity contribution in [2.24, 2.45) is 0 Å². The predicted octanol–water partition coefficient (Wildman–Crippen LogP) is 4.69. The quantitative estimate of drug-likeness (QED) is 0.640. The van der Waals surface area contributed by atoms with Crippen LogP contribution >= 0.6 is 50.7 Å². The minimum atomic E-state index is -4.17. The number of aliphatic carboxylic acids is 1. The van der Waals surface area contributed by atoms with Crippen molar-refractivity contribution in [2.45, 2.75) is 4.90 Å². The van der Waals surface area contributed by atoms with Gasteiger partial charge in [-0.2, -0.15) is 0 Å². The van der Waals surface area contributed by atoms with Crippen LogP contribution in [0.25, 0.3) is 0 Å². The average Bonchev–Trinajstić information content (AvgIpc) is 2.49. The van der Waals surface area contributed by atoms with E-state index >= 15 is 0 Å². The number of halogens is 4. The van der Waals surface area contributed by atoms with E-state index in [-0.39, 0.29) is 25.7 Å². The van der Waals surface area contributed by atoms with Crippen LogP contribution in [0.1, 0.15) is 0 Å². The van der Waals surface area contributed by atoms with E-state index in [9.17, 15) is 13.2 Å². The monoisotopic (exact) mass is 471 g/mol. The van der Waals surface area contributed by atoms with Crippen molar-refractivity contribution in [3.05, 3.63) is 55.9 Å². The van der Waals surface area contributed by atoms with Gasteiger partial charge in [-0.1, -0.05) is 50.7 Å². The molecule has 5 nitrogen and oxygen atoms in total. The summed E-state index contributed by atoms with van der Waals surface area (Å²) < 4.78 is 27.0. The first-order valence-electron chi connectivity index (χ1n) is 6.27. The van der Waals surface area contributed by atoms with E-state index in [4.69, 9.17) is 39.9 Å². The highest BCUT2D eigenvalue weighted by atomic mass is 79.9. The molecule has 1 N–H and O–H groups in total. The number of sulfonamides is 1. The van der Waals surface area contributed by atoms with Crippen LogP contribution in [-0.4, -0.2) is 26.0 Å². The molecule has 2 rings (SSSR count). The lowest BCUT2D eigenvalue weighted by molar-refractivity contribution is -0.135. The molecule has 10 heteroatoms. The Morgan fingerprint density at radius 2 is 1.58 bits per heavy atom. The van der Waals surface area contributed by atoms with Gasteiger partial charge in [0, 0.05) is 4.47 Å². The van der Waals surface area contributed by atoms with Crippen LogP contribution in [0, 0.1) is 0 Å². The fraction of sp³-hybridized carbons (Fsp3) is 0.0714. The molecule has 128 valence electrons. The smallest absolute Gasteiger partial charge is 0.324 e. The third-order valence-electron chi connectivity index (χ3n) is 2.94. The zero-order valence-corrected chi connectivity index (χ0v) is 16.4. The van der Waals surface area contributed by atoms with Crippen molar-refractivity contribution in [1.29, 1.82) is 0 Å². The molecule has 0 fully saturated rings. The molecule has 0 saturated carbocycles. The molecule has 0 spiro atoms. The second-order valence-electron chi connectivity index (χ2n) is 4.58. The molecule has 0 unspecified atom stereocenters. The summed E-state index contributed by atoms with van der Waals surface area (Å²) in [6.45, 7) is -0.823. The number of rotatable bonds is 5. The van der Waals surface area contributed by atoms with Crippen LogP contribution in [-0.2, 0) is 14.8 Å². The summed E-state index contributed by atoms with van der Waals surface area (Å²) in [6.07, 6.45) is 0. The Morgan fingerprint density at radius 3 is 2.12 bits per heavy atom. The number of carboxylic acid groups (broad SMARTS) is 1. The second kappa shape index (κ2) is 7.49. The molecule has 2 aromatic rings. The van der Waals surface area contributed by atoms with Crippen LogP contribution < -0.4 is 4.31 Å². The van der Waals surface area contributed by atoms with E-state index in [0.29, 0.717) is 8.78 Å². The summed E-state index contributed by atoms with van der Waals surface area (Å²) >= 11 is 21.0. The maximum atomic E-state index is 12.8. The zero-order chi connectivity index (χ0) is 18.1. The Bertz CT molecular complexity index is 888. The fourth-order valence-electron chi connectivity index (χ4n) is 1.86. The minimum absolute atomic E-state index is 0.0358. The van der Waals surface area contributed by atoms with Gasteiger partial charge in [-0.15, -0.1) is 0 Å². The number of hydrogen-bond acceptors (Lipinski definition) is 3. The van der Waals surface area contributed by atoms with Gasteiger partial charge in [-0.25, -0.2) is 8.42 Å². The van der Waals surface area contributed by atoms with Gasteiger partial charge in [0.1, 0.15) is 6.54 Å². The van der Waals surface area contributed by atoms with E-state index in [1.54, 1.807) is 0 Å². The lowest BCUT2D eigenvalue weighted by atomic mass is 10.3. The molecule has 0 aliphatic heterocycles. The van der Waals surface area contributed by atoms with E-state index in [0.717, 1.165) is 0 Å². The summed E-state index contributed by atoms with van der Waals surface area (Å²) in [5.41, 5.74) is -0.0728. The van der Waals surface area contributed by atoms with Crippen LogP contribution in [0.2, 0.25) is 15.1 Å². The second-order valence-corrected chi connectivity index (χ2v) is 8.58. The van der Waals surface area contributed by atoms with Gasteiger partial charge in [-0.05, 0) is 36.4 Å². The maximum Gasteiger partial charge on any atom is 0.324 e. The van der Waals surface area contributed by atoms with Gasteiger partial charge < -0.3 is 5.11 Å². The molecule has 24 heavy (non-hydrogen) atoms. The zero-order valence-electron chi connectivity index (χ0n) is 11.7. The first-order valence-corrected chi connectivity index (χ1v) is 9.64. The van der Waals surface area contributed by atoms with Gasteiger partial charge in [0.05, 0.1) is 25.7 Å². The number of hydrogen-bond donors (Lipinski definition) is 1. The minimum Gasteiger partial charge on any atom is -0.480 e. The summed E-state index contributed by atoms with van der Waals surface area (Å²) in [5, 5.41) is 9.24. The van der Waals surface area contributed by atoms with Crippen molar-refractivity contribution in [3.8, 4) is 0 Å². The lowest BCUT2D eigenvalue weighted by Gasteiger charge is -2.24. The molecule has 0 heterocycles. The number of carbonyl (C=O) groups is 1. The molecular formula is C14H9BrCl3NO4S.